The van der Waals surface area contributed by atoms with E-state index in [4.69, 9.17) is 6.42 Å². The van der Waals surface area contributed by atoms with E-state index in [-0.39, 0.29) is 11.3 Å². The molecular formula is C16H21NOS. The molecule has 2 nitrogen and oxygen atoms in total. The number of nitrogens with one attached hydrogen (secondary N) is 1. The fourth-order valence-electron chi connectivity index (χ4n) is 1.57. The SMILES string of the molecule is C#CCNC(=O)CSc1cc(C(C)(C)C)ccc1C. The van der Waals surface area contributed by atoms with Gasteiger partial charge >= 0.3 is 0 Å². The zero-order valence-corrected chi connectivity index (χ0v) is 12.9. The van der Waals surface area contributed by atoms with Crippen molar-refractivity contribution >= 4 is 17.7 Å². The van der Waals surface area contributed by atoms with Gasteiger partial charge in [-0.05, 0) is 29.5 Å². The van der Waals surface area contributed by atoms with Crippen LogP contribution < -0.4 is 5.32 Å². The van der Waals surface area contributed by atoms with Crippen molar-refractivity contribution in [3.8, 4) is 12.3 Å². The lowest BCUT2D eigenvalue weighted by molar-refractivity contribution is -0.118. The second-order valence-electron chi connectivity index (χ2n) is 5.50. The topological polar surface area (TPSA) is 29.1 Å². The number of carbonyl (C=O) groups is 1. The predicted octanol–water partition coefficient (Wildman–Crippen LogP) is 3.13. The van der Waals surface area contributed by atoms with Gasteiger partial charge in [0.1, 0.15) is 0 Å². The summed E-state index contributed by atoms with van der Waals surface area (Å²) in [4.78, 5) is 12.7. The highest BCUT2D eigenvalue weighted by Crippen LogP contribution is 2.29. The van der Waals surface area contributed by atoms with E-state index in [0.29, 0.717) is 12.3 Å². The first kappa shape index (κ1) is 15.7. The average Bonchev–Trinajstić information content (AvgIpc) is 2.33. The molecule has 1 N–H and O–H groups in total. The highest BCUT2D eigenvalue weighted by molar-refractivity contribution is 8.00. The molecule has 1 aromatic carbocycles. The van der Waals surface area contributed by atoms with Crippen molar-refractivity contribution in [2.24, 2.45) is 0 Å². The summed E-state index contributed by atoms with van der Waals surface area (Å²) in [6, 6.07) is 6.44. The Hall–Kier alpha value is -1.40. The second kappa shape index (κ2) is 6.68. The summed E-state index contributed by atoms with van der Waals surface area (Å²) in [6.07, 6.45) is 5.10. The van der Waals surface area contributed by atoms with Crippen LogP contribution in [0.2, 0.25) is 0 Å². The number of thioether (sulfide) groups is 1. The van der Waals surface area contributed by atoms with E-state index < -0.39 is 0 Å². The van der Waals surface area contributed by atoms with Crippen molar-refractivity contribution in [2.45, 2.75) is 38.0 Å². The van der Waals surface area contributed by atoms with E-state index in [2.05, 4.69) is 57.1 Å². The first-order valence-electron chi connectivity index (χ1n) is 6.28. The zero-order chi connectivity index (χ0) is 14.5. The molecule has 3 heteroatoms. The van der Waals surface area contributed by atoms with E-state index in [1.54, 1.807) is 11.8 Å². The fourth-order valence-corrected chi connectivity index (χ4v) is 2.46. The Balaban J connectivity index is 2.73. The van der Waals surface area contributed by atoms with Crippen LogP contribution in [0.4, 0.5) is 0 Å². The minimum atomic E-state index is -0.0245. The summed E-state index contributed by atoms with van der Waals surface area (Å²) in [6.45, 7) is 8.91. The summed E-state index contributed by atoms with van der Waals surface area (Å²) in [5.74, 6) is 2.77. The lowest BCUT2D eigenvalue weighted by Crippen LogP contribution is -2.25. The predicted molar refractivity (Wildman–Crippen MR) is 82.4 cm³/mol. The van der Waals surface area contributed by atoms with Gasteiger partial charge in [0.15, 0.2) is 0 Å². The monoisotopic (exact) mass is 275 g/mol. The summed E-state index contributed by atoms with van der Waals surface area (Å²) in [5, 5.41) is 2.67. The van der Waals surface area contributed by atoms with Crippen LogP contribution in [0.5, 0.6) is 0 Å². The molecule has 0 radical (unpaired) electrons. The van der Waals surface area contributed by atoms with Crippen molar-refractivity contribution in [3.05, 3.63) is 29.3 Å². The Bertz CT molecular complexity index is 494. The number of carbonyl (C=O) groups excluding carboxylic acids is 1. The van der Waals surface area contributed by atoms with Crippen molar-refractivity contribution in [1.29, 1.82) is 0 Å². The maximum absolute atomic E-state index is 11.5. The van der Waals surface area contributed by atoms with Crippen molar-refractivity contribution in [3.63, 3.8) is 0 Å². The molecule has 0 aromatic heterocycles. The Morgan fingerprint density at radius 1 is 1.42 bits per heavy atom. The summed E-state index contributed by atoms with van der Waals surface area (Å²) in [5.41, 5.74) is 2.60. The Labute approximate surface area is 120 Å². The van der Waals surface area contributed by atoms with Gasteiger partial charge in [0.05, 0.1) is 12.3 Å². The molecule has 19 heavy (non-hydrogen) atoms. The smallest absolute Gasteiger partial charge is 0.231 e. The maximum Gasteiger partial charge on any atom is 0.231 e. The van der Waals surface area contributed by atoms with Gasteiger partial charge in [-0.2, -0.15) is 0 Å². The third-order valence-corrected chi connectivity index (χ3v) is 3.96. The van der Waals surface area contributed by atoms with Gasteiger partial charge in [-0.15, -0.1) is 18.2 Å². The molecule has 0 aliphatic heterocycles. The van der Waals surface area contributed by atoms with E-state index in [1.165, 1.54) is 11.1 Å². The molecule has 0 bridgehead atoms. The van der Waals surface area contributed by atoms with Crippen molar-refractivity contribution in [1.82, 2.24) is 5.32 Å². The van der Waals surface area contributed by atoms with Crippen LogP contribution in [0, 0.1) is 19.3 Å². The van der Waals surface area contributed by atoms with Crippen LogP contribution in [0.1, 0.15) is 31.9 Å². The molecule has 102 valence electrons. The number of aryl methyl sites for hydroxylation is 1. The maximum atomic E-state index is 11.5. The van der Waals surface area contributed by atoms with Gasteiger partial charge in [0.25, 0.3) is 0 Å². The fraction of sp³-hybridized carbons (Fsp3) is 0.438. The van der Waals surface area contributed by atoms with Gasteiger partial charge in [-0.25, -0.2) is 0 Å². The molecule has 0 atom stereocenters. The minimum absolute atomic E-state index is 0.0245. The molecule has 0 unspecified atom stereocenters. The normalized spacial score (nSPS) is 10.9. The van der Waals surface area contributed by atoms with Crippen molar-refractivity contribution in [2.75, 3.05) is 12.3 Å². The van der Waals surface area contributed by atoms with E-state index >= 15 is 0 Å². The average molecular weight is 275 g/mol. The van der Waals surface area contributed by atoms with Crippen LogP contribution in [0.25, 0.3) is 0 Å². The number of benzene rings is 1. The molecule has 1 amide bonds. The van der Waals surface area contributed by atoms with Crippen LogP contribution in [-0.4, -0.2) is 18.2 Å². The molecule has 0 heterocycles. The molecule has 0 spiro atoms. The lowest BCUT2D eigenvalue weighted by atomic mass is 9.87. The third kappa shape index (κ3) is 5.00. The Kier molecular flexibility index (Phi) is 5.50. The number of rotatable bonds is 4. The van der Waals surface area contributed by atoms with E-state index in [9.17, 15) is 4.79 Å². The van der Waals surface area contributed by atoms with Gasteiger partial charge in [-0.3, -0.25) is 4.79 Å². The van der Waals surface area contributed by atoms with Crippen molar-refractivity contribution < 1.29 is 4.79 Å². The molecule has 0 saturated carbocycles. The standard InChI is InChI=1S/C16H21NOS/c1-6-9-17-15(18)11-19-14-10-13(16(3,4)5)8-7-12(14)2/h1,7-8,10H,9,11H2,2-5H3,(H,17,18). The van der Waals surface area contributed by atoms with E-state index in [0.717, 1.165) is 4.90 Å². The molecule has 1 aromatic rings. The number of terminal acetylenes is 1. The molecule has 0 aliphatic carbocycles. The summed E-state index contributed by atoms with van der Waals surface area (Å²) < 4.78 is 0. The van der Waals surface area contributed by atoms with Crippen LogP contribution >= 0.6 is 11.8 Å². The number of amides is 1. The zero-order valence-electron chi connectivity index (χ0n) is 12.0. The first-order chi connectivity index (χ1) is 8.84. The van der Waals surface area contributed by atoms with E-state index in [1.807, 2.05) is 0 Å². The largest absolute Gasteiger partial charge is 0.344 e. The number of hydrogen-bond donors (Lipinski definition) is 1. The van der Waals surface area contributed by atoms with Gasteiger partial charge in [-0.1, -0.05) is 38.8 Å². The minimum Gasteiger partial charge on any atom is -0.344 e. The molecular weight excluding hydrogens is 254 g/mol. The summed E-state index contributed by atoms with van der Waals surface area (Å²) in [7, 11) is 0. The summed E-state index contributed by atoms with van der Waals surface area (Å²) >= 11 is 1.56. The Morgan fingerprint density at radius 2 is 2.11 bits per heavy atom. The first-order valence-corrected chi connectivity index (χ1v) is 7.27. The molecule has 1 rings (SSSR count). The lowest BCUT2D eigenvalue weighted by Gasteiger charge is -2.20. The Morgan fingerprint density at radius 3 is 2.68 bits per heavy atom. The van der Waals surface area contributed by atoms with Gasteiger partial charge in [0, 0.05) is 4.90 Å². The van der Waals surface area contributed by atoms with Gasteiger partial charge < -0.3 is 5.32 Å². The van der Waals surface area contributed by atoms with Gasteiger partial charge in [0.2, 0.25) is 5.91 Å². The number of hydrogen-bond acceptors (Lipinski definition) is 2. The van der Waals surface area contributed by atoms with Crippen LogP contribution in [0.3, 0.4) is 0 Å². The molecule has 0 saturated heterocycles. The highest BCUT2D eigenvalue weighted by atomic mass is 32.2. The van der Waals surface area contributed by atoms with Crippen LogP contribution in [0.15, 0.2) is 23.1 Å². The van der Waals surface area contributed by atoms with Crippen LogP contribution in [-0.2, 0) is 10.2 Å². The quantitative estimate of drug-likeness (QED) is 0.675. The second-order valence-corrected chi connectivity index (χ2v) is 6.52. The molecule has 0 aliphatic rings. The molecule has 0 fully saturated rings. The highest BCUT2D eigenvalue weighted by Gasteiger charge is 2.15. The third-order valence-electron chi connectivity index (χ3n) is 2.80.